The molecule has 160 valence electrons. The fourth-order valence-electron chi connectivity index (χ4n) is 2.97. The van der Waals surface area contributed by atoms with Gasteiger partial charge in [0.05, 0.1) is 52.7 Å². The number of nitrogens with zero attached hydrogens (tertiary/aromatic N) is 1. The van der Waals surface area contributed by atoms with Crippen molar-refractivity contribution in [3.63, 3.8) is 0 Å². The summed E-state index contributed by atoms with van der Waals surface area (Å²) in [5, 5.41) is 2.67. The Hall–Kier alpha value is -1.66. The first-order valence-electron chi connectivity index (χ1n) is 9.84. The van der Waals surface area contributed by atoms with Crippen LogP contribution in [0.25, 0.3) is 0 Å². The zero-order valence-electron chi connectivity index (χ0n) is 17.1. The summed E-state index contributed by atoms with van der Waals surface area (Å²) in [6, 6.07) is 0. The van der Waals surface area contributed by atoms with E-state index in [0.717, 1.165) is 6.42 Å². The fraction of sp³-hybridized carbons (Fsp3) is 0.800. The van der Waals surface area contributed by atoms with Crippen LogP contribution in [0.15, 0.2) is 0 Å². The molecule has 2 amide bonds. The van der Waals surface area contributed by atoms with Gasteiger partial charge in [0.1, 0.15) is 6.61 Å². The lowest BCUT2D eigenvalue weighted by molar-refractivity contribution is -0.132. The van der Waals surface area contributed by atoms with Gasteiger partial charge in [-0.3, -0.25) is 9.59 Å². The van der Waals surface area contributed by atoms with Gasteiger partial charge in [0, 0.05) is 26.1 Å². The minimum absolute atomic E-state index is 0.0326. The first-order valence-corrected chi connectivity index (χ1v) is 9.84. The second-order valence-corrected chi connectivity index (χ2v) is 6.64. The lowest BCUT2D eigenvalue weighted by Crippen LogP contribution is -2.34. The van der Waals surface area contributed by atoms with Gasteiger partial charge in [-0.25, -0.2) is 0 Å². The Kier molecular flexibility index (Phi) is 13.3. The van der Waals surface area contributed by atoms with Crippen LogP contribution in [0.3, 0.4) is 0 Å². The number of nitrogens with one attached hydrogen (secondary N) is 1. The molecule has 1 heterocycles. The maximum atomic E-state index is 12.2. The molecule has 8 nitrogen and oxygen atoms in total. The van der Waals surface area contributed by atoms with Crippen molar-refractivity contribution in [1.82, 2.24) is 10.2 Å². The number of terminal acetylenes is 1. The van der Waals surface area contributed by atoms with Crippen LogP contribution in [0.4, 0.5) is 0 Å². The Bertz CT molecular complexity index is 494. The zero-order chi connectivity index (χ0) is 20.6. The van der Waals surface area contributed by atoms with E-state index < -0.39 is 0 Å². The Morgan fingerprint density at radius 1 is 1.07 bits per heavy atom. The van der Waals surface area contributed by atoms with Gasteiger partial charge >= 0.3 is 0 Å². The Morgan fingerprint density at radius 3 is 2.21 bits per heavy atom. The zero-order valence-corrected chi connectivity index (χ0v) is 17.1. The Balaban J connectivity index is 1.95. The van der Waals surface area contributed by atoms with Gasteiger partial charge in [0.15, 0.2) is 0 Å². The van der Waals surface area contributed by atoms with E-state index in [2.05, 4.69) is 11.2 Å². The first kappa shape index (κ1) is 24.4. The highest BCUT2D eigenvalue weighted by Gasteiger charge is 2.32. The minimum atomic E-state index is -0.0735. The van der Waals surface area contributed by atoms with Crippen LogP contribution in [-0.4, -0.2) is 89.7 Å². The predicted molar refractivity (Wildman–Crippen MR) is 105 cm³/mol. The van der Waals surface area contributed by atoms with E-state index in [1.165, 1.54) is 0 Å². The summed E-state index contributed by atoms with van der Waals surface area (Å²) in [5.41, 5.74) is 0. The smallest absolute Gasteiger partial charge is 0.224 e. The summed E-state index contributed by atoms with van der Waals surface area (Å²) < 4.78 is 21.2. The molecule has 1 rings (SSSR count). The van der Waals surface area contributed by atoms with Crippen molar-refractivity contribution in [1.29, 1.82) is 0 Å². The molecule has 0 spiro atoms. The van der Waals surface area contributed by atoms with Gasteiger partial charge in [0.2, 0.25) is 11.8 Å². The van der Waals surface area contributed by atoms with Crippen molar-refractivity contribution in [3.05, 3.63) is 0 Å². The highest BCUT2D eigenvalue weighted by Crippen LogP contribution is 2.24. The van der Waals surface area contributed by atoms with Gasteiger partial charge in [0.25, 0.3) is 0 Å². The number of hydrogen-bond acceptors (Lipinski definition) is 6. The third kappa shape index (κ3) is 10.0. The molecule has 28 heavy (non-hydrogen) atoms. The van der Waals surface area contributed by atoms with Crippen molar-refractivity contribution >= 4 is 11.8 Å². The van der Waals surface area contributed by atoms with Crippen molar-refractivity contribution in [3.8, 4) is 12.3 Å². The predicted octanol–water partition coefficient (Wildman–Crippen LogP) is 0.307. The summed E-state index contributed by atoms with van der Waals surface area (Å²) in [6.45, 7) is 6.77. The molecule has 1 saturated heterocycles. The molecule has 0 aromatic heterocycles. The topological polar surface area (TPSA) is 86.3 Å². The van der Waals surface area contributed by atoms with Crippen LogP contribution < -0.4 is 5.32 Å². The normalized spacial score (nSPS) is 17.3. The first-order chi connectivity index (χ1) is 13.6. The molecular weight excluding hydrogens is 364 g/mol. The number of rotatable bonds is 15. The molecule has 1 N–H and O–H groups in total. The molecule has 1 aliphatic rings. The van der Waals surface area contributed by atoms with Crippen LogP contribution >= 0.6 is 0 Å². The highest BCUT2D eigenvalue weighted by atomic mass is 16.6. The van der Waals surface area contributed by atoms with E-state index in [0.29, 0.717) is 72.4 Å². The van der Waals surface area contributed by atoms with E-state index in [4.69, 9.17) is 25.4 Å². The number of carbonyl (C=O) groups is 2. The van der Waals surface area contributed by atoms with E-state index in [9.17, 15) is 9.59 Å². The molecule has 0 radical (unpaired) electrons. The van der Waals surface area contributed by atoms with Gasteiger partial charge < -0.3 is 29.2 Å². The molecule has 0 aliphatic carbocycles. The highest BCUT2D eigenvalue weighted by molar-refractivity contribution is 5.79. The molecule has 0 aromatic rings. The van der Waals surface area contributed by atoms with Crippen LogP contribution in [0, 0.1) is 24.2 Å². The largest absolute Gasteiger partial charge is 0.379 e. The van der Waals surface area contributed by atoms with Crippen molar-refractivity contribution in [2.45, 2.75) is 19.8 Å². The van der Waals surface area contributed by atoms with Crippen LogP contribution in [0.1, 0.15) is 19.8 Å². The SMILES string of the molecule is C#CCOCCOCCOCCOCCC(=O)N1CCC([C@H](C)C(=O)NC)C1. The van der Waals surface area contributed by atoms with Gasteiger partial charge in [-0.15, -0.1) is 6.42 Å². The average molecular weight is 399 g/mol. The third-order valence-corrected chi connectivity index (χ3v) is 4.71. The van der Waals surface area contributed by atoms with Crippen molar-refractivity contribution in [2.24, 2.45) is 11.8 Å². The maximum absolute atomic E-state index is 12.2. The number of hydrogen-bond donors (Lipinski definition) is 1. The molecule has 1 aliphatic heterocycles. The lowest BCUT2D eigenvalue weighted by atomic mass is 9.92. The lowest BCUT2D eigenvalue weighted by Gasteiger charge is -2.19. The number of ether oxygens (including phenoxy) is 4. The third-order valence-electron chi connectivity index (χ3n) is 4.71. The molecule has 0 bridgehead atoms. The molecule has 8 heteroatoms. The average Bonchev–Trinajstić information content (AvgIpc) is 3.20. The van der Waals surface area contributed by atoms with E-state index in [1.807, 2.05) is 11.8 Å². The molecule has 0 saturated carbocycles. The van der Waals surface area contributed by atoms with Crippen molar-refractivity contribution in [2.75, 3.05) is 73.0 Å². The van der Waals surface area contributed by atoms with E-state index >= 15 is 0 Å². The molecule has 2 atom stereocenters. The fourth-order valence-corrected chi connectivity index (χ4v) is 2.97. The van der Waals surface area contributed by atoms with Crippen LogP contribution in [0.2, 0.25) is 0 Å². The number of carbonyl (C=O) groups excluding carboxylic acids is 2. The molecule has 0 aromatic carbocycles. The standard InChI is InChI=1S/C20H34N2O6/c1-4-8-25-10-12-27-14-15-28-13-11-26-9-6-19(23)22-7-5-18(16-22)17(2)20(24)21-3/h1,17-18H,5-16H2,2-3H3,(H,21,24)/t17-,18?/m0/s1. The van der Waals surface area contributed by atoms with E-state index in [-0.39, 0.29) is 23.7 Å². The van der Waals surface area contributed by atoms with Gasteiger partial charge in [-0.2, -0.15) is 0 Å². The summed E-state index contributed by atoms with van der Waals surface area (Å²) >= 11 is 0. The Labute approximate surface area is 168 Å². The minimum Gasteiger partial charge on any atom is -0.379 e. The van der Waals surface area contributed by atoms with Crippen LogP contribution in [0.5, 0.6) is 0 Å². The second-order valence-electron chi connectivity index (χ2n) is 6.64. The molecule has 1 fully saturated rings. The number of amides is 2. The summed E-state index contributed by atoms with van der Waals surface area (Å²) in [4.78, 5) is 25.8. The molecule has 1 unspecified atom stereocenters. The monoisotopic (exact) mass is 398 g/mol. The van der Waals surface area contributed by atoms with Crippen molar-refractivity contribution < 1.29 is 28.5 Å². The van der Waals surface area contributed by atoms with E-state index in [1.54, 1.807) is 7.05 Å². The summed E-state index contributed by atoms with van der Waals surface area (Å²) in [7, 11) is 1.64. The summed E-state index contributed by atoms with van der Waals surface area (Å²) in [6.07, 6.45) is 6.27. The Morgan fingerprint density at radius 2 is 1.64 bits per heavy atom. The van der Waals surface area contributed by atoms with Gasteiger partial charge in [-0.05, 0) is 12.3 Å². The second kappa shape index (κ2) is 15.3. The van der Waals surface area contributed by atoms with Gasteiger partial charge in [-0.1, -0.05) is 12.8 Å². The van der Waals surface area contributed by atoms with Crippen LogP contribution in [-0.2, 0) is 28.5 Å². The quantitative estimate of drug-likeness (QED) is 0.316. The molecular formula is C20H34N2O6. The maximum Gasteiger partial charge on any atom is 0.224 e. The summed E-state index contributed by atoms with van der Waals surface area (Å²) in [5.74, 6) is 2.65. The number of likely N-dealkylation sites (tertiary alicyclic amines) is 1.